The first-order valence-electron chi connectivity index (χ1n) is 12.1. The van der Waals surface area contributed by atoms with Crippen LogP contribution in [0.25, 0.3) is 5.69 Å². The van der Waals surface area contributed by atoms with Gasteiger partial charge < -0.3 is 14.9 Å². The number of rotatable bonds is 6. The Balaban J connectivity index is 1.75. The second-order valence-corrected chi connectivity index (χ2v) is 10.7. The molecule has 0 atom stereocenters. The number of hydrogen-bond donors (Lipinski definition) is 2. The molecular formula is C27H27ClF2N4O6. The van der Waals surface area contributed by atoms with Crippen LogP contribution in [-0.4, -0.2) is 49.4 Å². The van der Waals surface area contributed by atoms with E-state index in [2.05, 4.69) is 4.98 Å². The molecular weight excluding hydrogens is 550 g/mol. The zero-order valence-electron chi connectivity index (χ0n) is 22.3. The molecule has 2 amide bonds. The van der Waals surface area contributed by atoms with Crippen LogP contribution in [-0.2, 0) is 16.2 Å². The van der Waals surface area contributed by atoms with Crippen LogP contribution in [0.4, 0.5) is 20.2 Å². The minimum atomic E-state index is -1.79. The highest BCUT2D eigenvalue weighted by atomic mass is 35.5. The van der Waals surface area contributed by atoms with E-state index < -0.39 is 45.2 Å². The van der Waals surface area contributed by atoms with E-state index in [0.717, 1.165) is 10.6 Å². The van der Waals surface area contributed by atoms with E-state index in [0.29, 0.717) is 6.07 Å². The van der Waals surface area contributed by atoms with E-state index in [9.17, 15) is 33.4 Å². The van der Waals surface area contributed by atoms with E-state index in [-0.39, 0.29) is 47.6 Å². The first-order valence-corrected chi connectivity index (χ1v) is 12.5. The standard InChI is InChI=1S/C27H27ClF2N4O6/c1-14-31-22(40-12-15-6-7-16(29)10-18(15)30)21(28)23(35)34(14)17-8-9-19-20(11-17)33(25(37)27(4,5)39)13-32(19)24(36)26(2,3)38/h6-11,38-39H,12-13H2,1-5H3. The van der Waals surface area contributed by atoms with Gasteiger partial charge in [0, 0.05) is 11.6 Å². The van der Waals surface area contributed by atoms with Crippen LogP contribution < -0.4 is 20.1 Å². The van der Waals surface area contributed by atoms with Gasteiger partial charge in [-0.1, -0.05) is 11.6 Å². The highest BCUT2D eigenvalue weighted by molar-refractivity contribution is 6.31. The number of amides is 2. The molecule has 0 saturated heterocycles. The van der Waals surface area contributed by atoms with Gasteiger partial charge in [-0.25, -0.2) is 8.78 Å². The summed E-state index contributed by atoms with van der Waals surface area (Å²) >= 11 is 6.27. The van der Waals surface area contributed by atoms with E-state index in [4.69, 9.17) is 16.3 Å². The summed E-state index contributed by atoms with van der Waals surface area (Å²) in [6.07, 6.45) is 0. The summed E-state index contributed by atoms with van der Waals surface area (Å²) in [6, 6.07) is 7.42. The maximum absolute atomic E-state index is 14.0. The monoisotopic (exact) mass is 576 g/mol. The number of halogens is 3. The summed E-state index contributed by atoms with van der Waals surface area (Å²) in [5.41, 5.74) is -3.52. The number of anilines is 2. The second kappa shape index (κ2) is 10.3. The lowest BCUT2D eigenvalue weighted by Gasteiger charge is -2.27. The quantitative estimate of drug-likeness (QED) is 0.461. The number of aromatic nitrogens is 2. The molecule has 1 aromatic heterocycles. The van der Waals surface area contributed by atoms with Gasteiger partial charge in [0.15, 0.2) is 5.02 Å². The van der Waals surface area contributed by atoms with Gasteiger partial charge in [-0.05, 0) is 65.0 Å². The number of aliphatic hydroxyl groups is 2. The van der Waals surface area contributed by atoms with Gasteiger partial charge in [-0.15, -0.1) is 0 Å². The van der Waals surface area contributed by atoms with Crippen molar-refractivity contribution in [1.29, 1.82) is 0 Å². The number of ether oxygens (including phenoxy) is 1. The Kier molecular flexibility index (Phi) is 7.48. The Morgan fingerprint density at radius 3 is 2.17 bits per heavy atom. The Morgan fingerprint density at radius 1 is 1.00 bits per heavy atom. The highest BCUT2D eigenvalue weighted by Gasteiger charge is 2.42. The van der Waals surface area contributed by atoms with Crippen molar-refractivity contribution in [3.63, 3.8) is 0 Å². The molecule has 2 aromatic carbocycles. The molecule has 0 radical (unpaired) electrons. The molecule has 0 aliphatic carbocycles. The van der Waals surface area contributed by atoms with Crippen molar-refractivity contribution >= 4 is 34.8 Å². The molecule has 13 heteroatoms. The van der Waals surface area contributed by atoms with E-state index >= 15 is 0 Å². The van der Waals surface area contributed by atoms with Crippen LogP contribution in [0, 0.1) is 18.6 Å². The SMILES string of the molecule is Cc1nc(OCc2ccc(F)cc2F)c(Cl)c(=O)n1-c1ccc2c(c1)N(C(=O)C(C)(C)O)CN2C(=O)C(C)(C)O. The second-order valence-electron chi connectivity index (χ2n) is 10.3. The zero-order valence-corrected chi connectivity index (χ0v) is 23.1. The third-order valence-corrected chi connectivity index (χ3v) is 6.49. The van der Waals surface area contributed by atoms with Gasteiger partial charge >= 0.3 is 0 Å². The Bertz CT molecular complexity index is 1580. The van der Waals surface area contributed by atoms with Crippen molar-refractivity contribution in [1.82, 2.24) is 9.55 Å². The lowest BCUT2D eigenvalue weighted by atomic mass is 10.1. The fourth-order valence-electron chi connectivity index (χ4n) is 4.16. The number of aryl methyl sites for hydroxylation is 1. The van der Waals surface area contributed by atoms with Crippen LogP contribution >= 0.6 is 11.6 Å². The molecule has 2 heterocycles. The summed E-state index contributed by atoms with van der Waals surface area (Å²) in [7, 11) is 0. The summed E-state index contributed by atoms with van der Waals surface area (Å²) in [4.78, 5) is 45.9. The summed E-state index contributed by atoms with van der Waals surface area (Å²) < 4.78 is 33.8. The normalized spacial score (nSPS) is 13.4. The molecule has 212 valence electrons. The maximum atomic E-state index is 14.0. The molecule has 3 aromatic rings. The smallest absolute Gasteiger partial charge is 0.280 e. The van der Waals surface area contributed by atoms with E-state index in [1.54, 1.807) is 0 Å². The largest absolute Gasteiger partial charge is 0.471 e. The first-order chi connectivity index (χ1) is 18.5. The summed E-state index contributed by atoms with van der Waals surface area (Å²) in [6.45, 7) is 6.09. The van der Waals surface area contributed by atoms with Crippen LogP contribution in [0.1, 0.15) is 39.1 Å². The lowest BCUT2D eigenvalue weighted by molar-refractivity contribution is -0.134. The van der Waals surface area contributed by atoms with Crippen LogP contribution in [0.5, 0.6) is 5.88 Å². The van der Waals surface area contributed by atoms with Crippen LogP contribution in [0.15, 0.2) is 41.2 Å². The average molecular weight is 577 g/mol. The number of fused-ring (bicyclic) bond motifs is 1. The number of carbonyl (C=O) groups excluding carboxylic acids is 2. The van der Waals surface area contributed by atoms with Crippen molar-refractivity contribution in [2.75, 3.05) is 16.5 Å². The Labute approximate surface area is 233 Å². The molecule has 40 heavy (non-hydrogen) atoms. The highest BCUT2D eigenvalue weighted by Crippen LogP contribution is 2.40. The molecule has 0 saturated carbocycles. The average Bonchev–Trinajstić information content (AvgIpc) is 3.22. The minimum Gasteiger partial charge on any atom is -0.471 e. The zero-order chi connectivity index (χ0) is 29.7. The molecule has 1 aliphatic rings. The Hall–Kier alpha value is -3.87. The van der Waals surface area contributed by atoms with Gasteiger partial charge in [0.05, 0.1) is 17.1 Å². The van der Waals surface area contributed by atoms with E-state index in [1.807, 2.05) is 0 Å². The van der Waals surface area contributed by atoms with Crippen LogP contribution in [0.2, 0.25) is 5.02 Å². The van der Waals surface area contributed by atoms with Crippen molar-refractivity contribution in [3.05, 3.63) is 74.8 Å². The molecule has 0 bridgehead atoms. The van der Waals surface area contributed by atoms with E-state index in [1.165, 1.54) is 68.7 Å². The predicted molar refractivity (Wildman–Crippen MR) is 143 cm³/mol. The number of hydrogen-bond acceptors (Lipinski definition) is 7. The molecule has 0 fully saturated rings. The predicted octanol–water partition coefficient (Wildman–Crippen LogP) is 3.23. The summed E-state index contributed by atoms with van der Waals surface area (Å²) in [5, 5.41) is 20.3. The molecule has 1 aliphatic heterocycles. The van der Waals surface area contributed by atoms with Gasteiger partial charge in [-0.3, -0.25) is 28.8 Å². The molecule has 0 spiro atoms. The summed E-state index contributed by atoms with van der Waals surface area (Å²) in [5.74, 6) is -3.10. The van der Waals surface area contributed by atoms with Crippen molar-refractivity contribution in [3.8, 4) is 11.6 Å². The molecule has 4 rings (SSSR count). The van der Waals surface area contributed by atoms with Crippen molar-refractivity contribution in [2.24, 2.45) is 0 Å². The lowest BCUT2D eigenvalue weighted by Crippen LogP contribution is -2.50. The van der Waals surface area contributed by atoms with Crippen molar-refractivity contribution < 1.29 is 33.3 Å². The van der Waals surface area contributed by atoms with Gasteiger partial charge in [0.2, 0.25) is 5.88 Å². The molecule has 2 N–H and O–H groups in total. The minimum absolute atomic E-state index is 0.0291. The molecule has 0 unspecified atom stereocenters. The fraction of sp³-hybridized carbons (Fsp3) is 0.333. The van der Waals surface area contributed by atoms with Crippen molar-refractivity contribution in [2.45, 2.75) is 52.4 Å². The third-order valence-electron chi connectivity index (χ3n) is 6.16. The number of nitrogens with zero attached hydrogens (tertiary/aromatic N) is 4. The number of carbonyl (C=O) groups is 2. The maximum Gasteiger partial charge on any atom is 0.280 e. The van der Waals surface area contributed by atoms with Gasteiger partial charge in [0.25, 0.3) is 17.4 Å². The molecule has 10 nitrogen and oxygen atoms in total. The first kappa shape index (κ1) is 29.1. The topological polar surface area (TPSA) is 125 Å². The number of benzene rings is 2. The van der Waals surface area contributed by atoms with Gasteiger partial charge in [-0.2, -0.15) is 4.98 Å². The Morgan fingerprint density at radius 2 is 1.60 bits per heavy atom. The fourth-order valence-corrected chi connectivity index (χ4v) is 4.35. The van der Waals surface area contributed by atoms with Gasteiger partial charge in [0.1, 0.15) is 41.9 Å². The van der Waals surface area contributed by atoms with Crippen LogP contribution in [0.3, 0.4) is 0 Å². The third kappa shape index (κ3) is 5.42.